The summed E-state index contributed by atoms with van der Waals surface area (Å²) >= 11 is 0. The van der Waals surface area contributed by atoms with Crippen LogP contribution in [0.1, 0.15) is 46.0 Å². The lowest BCUT2D eigenvalue weighted by molar-refractivity contribution is -0.129. The summed E-state index contributed by atoms with van der Waals surface area (Å²) in [6.07, 6.45) is 5.06. The van der Waals surface area contributed by atoms with Gasteiger partial charge in [0.2, 0.25) is 5.91 Å². The lowest BCUT2D eigenvalue weighted by atomic mass is 9.97. The van der Waals surface area contributed by atoms with Crippen LogP contribution in [0.3, 0.4) is 0 Å². The Bertz CT molecular complexity index is 294. The maximum absolute atomic E-state index is 11.9. The summed E-state index contributed by atoms with van der Waals surface area (Å²) in [4.78, 5) is 14.0. The van der Waals surface area contributed by atoms with Crippen molar-refractivity contribution >= 4 is 5.91 Å². The van der Waals surface area contributed by atoms with E-state index in [-0.39, 0.29) is 18.7 Å². The molecule has 2 aliphatic heterocycles. The molecule has 4 nitrogen and oxygen atoms in total. The minimum absolute atomic E-state index is 0.129. The van der Waals surface area contributed by atoms with Gasteiger partial charge in [0.15, 0.2) is 0 Å². The molecule has 104 valence electrons. The molecule has 0 aliphatic carbocycles. The summed E-state index contributed by atoms with van der Waals surface area (Å²) in [6.45, 7) is 5.42. The molecule has 2 N–H and O–H groups in total. The highest BCUT2D eigenvalue weighted by atomic mass is 16.3. The number of aliphatic hydroxyl groups excluding tert-OH is 1. The number of amides is 1. The average Bonchev–Trinajstić information content (AvgIpc) is 2.66. The first-order valence-corrected chi connectivity index (χ1v) is 7.28. The molecule has 2 aliphatic rings. The van der Waals surface area contributed by atoms with Crippen LogP contribution in [0.15, 0.2) is 0 Å². The van der Waals surface area contributed by atoms with Crippen molar-refractivity contribution in [1.29, 1.82) is 0 Å². The predicted octanol–water partition coefficient (Wildman–Crippen LogP) is 1.14. The zero-order valence-corrected chi connectivity index (χ0v) is 11.6. The molecule has 2 saturated heterocycles. The van der Waals surface area contributed by atoms with E-state index in [0.717, 1.165) is 25.8 Å². The van der Waals surface area contributed by atoms with Crippen LogP contribution < -0.4 is 5.32 Å². The van der Waals surface area contributed by atoms with Crippen LogP contribution in [0.2, 0.25) is 0 Å². The van der Waals surface area contributed by atoms with Crippen LogP contribution in [0, 0.1) is 5.92 Å². The highest BCUT2D eigenvalue weighted by Crippen LogP contribution is 2.28. The van der Waals surface area contributed by atoms with Crippen molar-refractivity contribution in [1.82, 2.24) is 10.2 Å². The molecule has 3 unspecified atom stereocenters. The summed E-state index contributed by atoms with van der Waals surface area (Å²) in [5.41, 5.74) is 0. The van der Waals surface area contributed by atoms with E-state index in [1.54, 1.807) is 0 Å². The zero-order valence-electron chi connectivity index (χ0n) is 11.6. The minimum Gasteiger partial charge on any atom is -0.395 e. The molecule has 0 saturated carbocycles. The highest BCUT2D eigenvalue weighted by molar-refractivity contribution is 5.80. The number of nitrogens with zero attached hydrogens (tertiary/aromatic N) is 1. The topological polar surface area (TPSA) is 52.6 Å². The van der Waals surface area contributed by atoms with Gasteiger partial charge in [-0.2, -0.15) is 0 Å². The third-order valence-corrected chi connectivity index (χ3v) is 4.15. The summed E-state index contributed by atoms with van der Waals surface area (Å²) in [5, 5.41) is 13.0. The van der Waals surface area contributed by atoms with E-state index in [2.05, 4.69) is 19.2 Å². The van der Waals surface area contributed by atoms with Gasteiger partial charge >= 0.3 is 0 Å². The van der Waals surface area contributed by atoms with Crippen molar-refractivity contribution < 1.29 is 9.90 Å². The second-order valence-corrected chi connectivity index (χ2v) is 6.14. The van der Waals surface area contributed by atoms with Gasteiger partial charge in [0, 0.05) is 31.1 Å². The van der Waals surface area contributed by atoms with Gasteiger partial charge in [-0.15, -0.1) is 0 Å². The minimum atomic E-state index is 0.129. The van der Waals surface area contributed by atoms with Crippen molar-refractivity contribution in [3.8, 4) is 0 Å². The Morgan fingerprint density at radius 3 is 2.89 bits per heavy atom. The molecule has 18 heavy (non-hydrogen) atoms. The van der Waals surface area contributed by atoms with Crippen molar-refractivity contribution in [3.05, 3.63) is 0 Å². The number of rotatable bonds is 5. The van der Waals surface area contributed by atoms with Crippen LogP contribution >= 0.6 is 0 Å². The lowest BCUT2D eigenvalue weighted by Gasteiger charge is -2.34. The highest BCUT2D eigenvalue weighted by Gasteiger charge is 2.41. The summed E-state index contributed by atoms with van der Waals surface area (Å²) < 4.78 is 0. The van der Waals surface area contributed by atoms with Gasteiger partial charge < -0.3 is 15.3 Å². The monoisotopic (exact) mass is 254 g/mol. The quantitative estimate of drug-likeness (QED) is 0.773. The molecule has 4 heteroatoms. The molecule has 0 radical (unpaired) electrons. The Labute approximate surface area is 110 Å². The van der Waals surface area contributed by atoms with E-state index >= 15 is 0 Å². The normalized spacial score (nSPS) is 29.8. The average molecular weight is 254 g/mol. The van der Waals surface area contributed by atoms with Crippen LogP contribution in [0.4, 0.5) is 0 Å². The number of carbonyl (C=O) groups is 1. The van der Waals surface area contributed by atoms with E-state index < -0.39 is 0 Å². The molecular weight excluding hydrogens is 228 g/mol. The fourth-order valence-corrected chi connectivity index (χ4v) is 3.36. The molecule has 2 fully saturated rings. The predicted molar refractivity (Wildman–Crippen MR) is 71.2 cm³/mol. The molecule has 0 aromatic carbocycles. The number of fused-ring (bicyclic) bond motifs is 1. The van der Waals surface area contributed by atoms with Crippen molar-refractivity contribution in [2.45, 2.75) is 64.1 Å². The Morgan fingerprint density at radius 1 is 1.44 bits per heavy atom. The molecule has 0 spiro atoms. The molecule has 2 heterocycles. The van der Waals surface area contributed by atoms with E-state index in [1.165, 1.54) is 6.42 Å². The Hall–Kier alpha value is -0.610. The van der Waals surface area contributed by atoms with E-state index in [1.807, 2.05) is 4.90 Å². The Kier molecular flexibility index (Phi) is 4.62. The Morgan fingerprint density at radius 2 is 2.22 bits per heavy atom. The zero-order chi connectivity index (χ0) is 13.1. The van der Waals surface area contributed by atoms with Gasteiger partial charge in [0.05, 0.1) is 6.61 Å². The van der Waals surface area contributed by atoms with Crippen LogP contribution in [0.5, 0.6) is 0 Å². The summed E-state index contributed by atoms with van der Waals surface area (Å²) in [5.74, 6) is 0.854. The van der Waals surface area contributed by atoms with E-state index in [4.69, 9.17) is 0 Å². The van der Waals surface area contributed by atoms with E-state index in [0.29, 0.717) is 24.3 Å². The summed E-state index contributed by atoms with van der Waals surface area (Å²) in [7, 11) is 0. The van der Waals surface area contributed by atoms with Crippen LogP contribution in [0.25, 0.3) is 0 Å². The third kappa shape index (κ3) is 3.04. The second kappa shape index (κ2) is 6.02. The molecular formula is C14H26N2O2. The van der Waals surface area contributed by atoms with Crippen molar-refractivity contribution in [3.63, 3.8) is 0 Å². The number of carbonyl (C=O) groups excluding carboxylic acids is 1. The number of hydrogen-bond acceptors (Lipinski definition) is 3. The first-order valence-electron chi connectivity index (χ1n) is 7.28. The number of nitrogens with one attached hydrogen (secondary N) is 1. The van der Waals surface area contributed by atoms with Crippen molar-refractivity contribution in [2.75, 3.05) is 13.2 Å². The molecule has 3 atom stereocenters. The molecule has 0 aromatic rings. The number of aliphatic hydroxyl groups is 1. The van der Waals surface area contributed by atoms with Gasteiger partial charge in [0.25, 0.3) is 0 Å². The molecule has 0 aromatic heterocycles. The van der Waals surface area contributed by atoms with Gasteiger partial charge in [-0.05, 0) is 31.6 Å². The van der Waals surface area contributed by atoms with Crippen molar-refractivity contribution in [2.24, 2.45) is 5.92 Å². The first kappa shape index (κ1) is 13.8. The fourth-order valence-electron chi connectivity index (χ4n) is 3.36. The van der Waals surface area contributed by atoms with Gasteiger partial charge in [-0.1, -0.05) is 13.8 Å². The smallest absolute Gasteiger partial charge is 0.224 e. The maximum atomic E-state index is 11.9. The van der Waals surface area contributed by atoms with Crippen LogP contribution in [-0.4, -0.2) is 47.2 Å². The van der Waals surface area contributed by atoms with E-state index in [9.17, 15) is 9.90 Å². The second-order valence-electron chi connectivity index (χ2n) is 6.14. The summed E-state index contributed by atoms with van der Waals surface area (Å²) in [6, 6.07) is 0.742. The Balaban J connectivity index is 1.94. The van der Waals surface area contributed by atoms with Gasteiger partial charge in [0.1, 0.15) is 0 Å². The van der Waals surface area contributed by atoms with Gasteiger partial charge in [-0.25, -0.2) is 0 Å². The maximum Gasteiger partial charge on any atom is 0.224 e. The third-order valence-electron chi connectivity index (χ3n) is 4.15. The number of piperidine rings is 1. The molecule has 1 amide bonds. The largest absolute Gasteiger partial charge is 0.395 e. The number of hydrogen-bond donors (Lipinski definition) is 2. The van der Waals surface area contributed by atoms with Gasteiger partial charge in [-0.3, -0.25) is 4.79 Å². The molecule has 2 rings (SSSR count). The fraction of sp³-hybridized carbons (Fsp3) is 0.929. The SMILES string of the molecule is CC(C)CC(CO)NC1CC(=O)N2CCCCC12. The standard InChI is InChI=1S/C14H26N2O2/c1-10(2)7-11(9-17)15-12-8-14(18)16-6-4-3-5-13(12)16/h10-13,15,17H,3-9H2,1-2H3. The molecule has 0 bridgehead atoms. The lowest BCUT2D eigenvalue weighted by Crippen LogP contribution is -2.49. The first-order chi connectivity index (χ1) is 8.61. The van der Waals surface area contributed by atoms with Crippen LogP contribution in [-0.2, 0) is 4.79 Å².